The van der Waals surface area contributed by atoms with Crippen LogP contribution in [0.25, 0.3) is 0 Å². The number of nitrogens with two attached hydrogens (primary N) is 1. The molecule has 1 heterocycles. The summed E-state index contributed by atoms with van der Waals surface area (Å²) in [5.74, 6) is 0. The molecule has 1 atom stereocenters. The lowest BCUT2D eigenvalue weighted by Gasteiger charge is -2.02. The molecule has 0 aliphatic heterocycles. The summed E-state index contributed by atoms with van der Waals surface area (Å²) in [5.41, 5.74) is 6.67. The zero-order valence-corrected chi connectivity index (χ0v) is 9.75. The molecule has 0 saturated heterocycles. The first kappa shape index (κ1) is 14.7. The largest absolute Gasteiger partial charge is 0.324 e. The molecule has 70 valence electrons. The first-order valence-corrected chi connectivity index (χ1v) is 3.86. The van der Waals surface area contributed by atoms with Gasteiger partial charge in [0.2, 0.25) is 0 Å². The molecule has 0 fully saturated rings. The Morgan fingerprint density at radius 3 is 2.33 bits per heavy atom. The van der Waals surface area contributed by atoms with Crippen LogP contribution in [-0.2, 0) is 0 Å². The predicted octanol–water partition coefficient (Wildman–Crippen LogP) is 2.71. The van der Waals surface area contributed by atoms with Crippen LogP contribution in [-0.4, -0.2) is 4.98 Å². The molecule has 2 nitrogen and oxygen atoms in total. The lowest BCUT2D eigenvalue weighted by atomic mass is 10.2. The van der Waals surface area contributed by atoms with Gasteiger partial charge in [-0.05, 0) is 34.5 Å². The number of aromatic nitrogens is 1. The normalized spacial score (nSPS) is 10.9. The van der Waals surface area contributed by atoms with Gasteiger partial charge < -0.3 is 5.73 Å². The molecule has 0 amide bonds. The van der Waals surface area contributed by atoms with Gasteiger partial charge in [-0.2, -0.15) is 0 Å². The Kier molecular flexibility index (Phi) is 8.15. The maximum absolute atomic E-state index is 5.61. The molecule has 0 radical (unpaired) electrons. The van der Waals surface area contributed by atoms with Crippen LogP contribution in [0.5, 0.6) is 0 Å². The molecule has 5 heteroatoms. The fourth-order valence-corrected chi connectivity index (χ4v) is 0.891. The summed E-state index contributed by atoms with van der Waals surface area (Å²) in [6, 6.07) is 3.92. The van der Waals surface area contributed by atoms with Crippen LogP contribution in [0.3, 0.4) is 0 Å². The van der Waals surface area contributed by atoms with E-state index in [4.69, 9.17) is 5.73 Å². The molecule has 0 saturated carbocycles. The second-order valence-corrected chi connectivity index (χ2v) is 3.02. The first-order valence-electron chi connectivity index (χ1n) is 3.07. The molecular formula is C7H11BrCl2N2. The van der Waals surface area contributed by atoms with Crippen molar-refractivity contribution in [2.75, 3.05) is 0 Å². The van der Waals surface area contributed by atoms with Crippen molar-refractivity contribution in [2.45, 2.75) is 13.0 Å². The minimum atomic E-state index is 0. The Morgan fingerprint density at radius 2 is 2.00 bits per heavy atom. The van der Waals surface area contributed by atoms with Gasteiger partial charge in [-0.3, -0.25) is 0 Å². The molecule has 0 bridgehead atoms. The van der Waals surface area contributed by atoms with Crippen LogP contribution < -0.4 is 5.73 Å². The molecule has 1 aromatic heterocycles. The average Bonchev–Trinajstić information content (AvgIpc) is 1.88. The standard InChI is InChI=1S/C7H9BrN2.2ClH/c1-5(9)6-2-3-7(8)10-4-6;;/h2-5H,9H2,1H3;2*1H. The Bertz CT molecular complexity index is 213. The van der Waals surface area contributed by atoms with Crippen molar-refractivity contribution < 1.29 is 0 Å². The molecule has 2 N–H and O–H groups in total. The number of halogens is 3. The van der Waals surface area contributed by atoms with Gasteiger partial charge in [0, 0.05) is 12.2 Å². The highest BCUT2D eigenvalue weighted by molar-refractivity contribution is 9.10. The van der Waals surface area contributed by atoms with E-state index < -0.39 is 0 Å². The number of hydrogen-bond acceptors (Lipinski definition) is 2. The van der Waals surface area contributed by atoms with Crippen molar-refractivity contribution in [3.8, 4) is 0 Å². The fourth-order valence-electron chi connectivity index (χ4n) is 0.657. The minimum Gasteiger partial charge on any atom is -0.324 e. The third-order valence-electron chi connectivity index (χ3n) is 1.28. The summed E-state index contributed by atoms with van der Waals surface area (Å²) < 4.78 is 0.844. The first-order chi connectivity index (χ1) is 4.70. The van der Waals surface area contributed by atoms with E-state index in [2.05, 4.69) is 20.9 Å². The van der Waals surface area contributed by atoms with Crippen molar-refractivity contribution in [3.05, 3.63) is 28.5 Å². The summed E-state index contributed by atoms with van der Waals surface area (Å²) in [5, 5.41) is 0. The van der Waals surface area contributed by atoms with Crippen molar-refractivity contribution in [1.82, 2.24) is 4.98 Å². The molecular weight excluding hydrogens is 263 g/mol. The molecule has 12 heavy (non-hydrogen) atoms. The smallest absolute Gasteiger partial charge is 0.106 e. The van der Waals surface area contributed by atoms with Gasteiger partial charge in [0.25, 0.3) is 0 Å². The topological polar surface area (TPSA) is 38.9 Å². The second-order valence-electron chi connectivity index (χ2n) is 2.20. The van der Waals surface area contributed by atoms with Crippen LogP contribution >= 0.6 is 40.7 Å². The molecule has 0 aliphatic rings. The Balaban J connectivity index is 0. The van der Waals surface area contributed by atoms with Crippen LogP contribution in [0.15, 0.2) is 22.9 Å². The molecule has 0 spiro atoms. The van der Waals surface area contributed by atoms with Crippen LogP contribution in [0.2, 0.25) is 0 Å². The number of nitrogens with zero attached hydrogens (tertiary/aromatic N) is 1. The summed E-state index contributed by atoms with van der Waals surface area (Å²) in [6.07, 6.45) is 1.77. The van der Waals surface area contributed by atoms with E-state index in [1.54, 1.807) is 6.20 Å². The lowest BCUT2D eigenvalue weighted by Crippen LogP contribution is -2.04. The van der Waals surface area contributed by atoms with Gasteiger partial charge in [-0.1, -0.05) is 6.07 Å². The zero-order chi connectivity index (χ0) is 7.56. The molecule has 1 rings (SSSR count). The van der Waals surface area contributed by atoms with Crippen LogP contribution in [0.4, 0.5) is 0 Å². The van der Waals surface area contributed by atoms with E-state index in [-0.39, 0.29) is 30.9 Å². The highest BCUT2D eigenvalue weighted by Crippen LogP contribution is 2.10. The minimum absolute atomic E-state index is 0. The zero-order valence-electron chi connectivity index (χ0n) is 6.53. The molecule has 0 aliphatic carbocycles. The maximum Gasteiger partial charge on any atom is 0.106 e. The van der Waals surface area contributed by atoms with Crippen LogP contribution in [0.1, 0.15) is 18.5 Å². The van der Waals surface area contributed by atoms with E-state index in [9.17, 15) is 0 Å². The monoisotopic (exact) mass is 272 g/mol. The highest BCUT2D eigenvalue weighted by atomic mass is 79.9. The predicted molar refractivity (Wildman–Crippen MR) is 59.0 cm³/mol. The number of rotatable bonds is 1. The fraction of sp³-hybridized carbons (Fsp3) is 0.286. The number of hydrogen-bond donors (Lipinski definition) is 1. The third-order valence-corrected chi connectivity index (χ3v) is 1.75. The summed E-state index contributed by atoms with van der Waals surface area (Å²) in [6.45, 7) is 1.94. The average molecular weight is 274 g/mol. The van der Waals surface area contributed by atoms with E-state index in [0.29, 0.717) is 0 Å². The highest BCUT2D eigenvalue weighted by Gasteiger charge is 1.97. The van der Waals surface area contributed by atoms with E-state index >= 15 is 0 Å². The van der Waals surface area contributed by atoms with Gasteiger partial charge in [-0.15, -0.1) is 24.8 Å². The Labute approximate surface area is 92.9 Å². The van der Waals surface area contributed by atoms with Crippen molar-refractivity contribution in [1.29, 1.82) is 0 Å². The quantitative estimate of drug-likeness (QED) is 0.799. The molecule has 1 unspecified atom stereocenters. The lowest BCUT2D eigenvalue weighted by molar-refractivity contribution is 0.810. The molecule has 1 aromatic rings. The summed E-state index contributed by atoms with van der Waals surface area (Å²) >= 11 is 3.24. The SMILES string of the molecule is CC(N)c1ccc(Br)nc1.Cl.Cl. The van der Waals surface area contributed by atoms with Gasteiger partial charge in [0.15, 0.2) is 0 Å². The van der Waals surface area contributed by atoms with E-state index in [1.165, 1.54) is 0 Å². The van der Waals surface area contributed by atoms with E-state index in [1.807, 2.05) is 19.1 Å². The van der Waals surface area contributed by atoms with Crippen molar-refractivity contribution in [3.63, 3.8) is 0 Å². The summed E-state index contributed by atoms with van der Waals surface area (Å²) in [7, 11) is 0. The van der Waals surface area contributed by atoms with Gasteiger partial charge in [-0.25, -0.2) is 4.98 Å². The number of pyridine rings is 1. The van der Waals surface area contributed by atoms with E-state index in [0.717, 1.165) is 10.2 Å². The van der Waals surface area contributed by atoms with Gasteiger partial charge in [0.1, 0.15) is 4.60 Å². The maximum atomic E-state index is 5.61. The van der Waals surface area contributed by atoms with Gasteiger partial charge >= 0.3 is 0 Å². The molecule has 0 aromatic carbocycles. The summed E-state index contributed by atoms with van der Waals surface area (Å²) in [4.78, 5) is 4.04. The van der Waals surface area contributed by atoms with Crippen LogP contribution in [0, 0.1) is 0 Å². The van der Waals surface area contributed by atoms with Crippen molar-refractivity contribution >= 4 is 40.7 Å². The van der Waals surface area contributed by atoms with Gasteiger partial charge in [0.05, 0.1) is 0 Å². The Morgan fingerprint density at radius 1 is 1.42 bits per heavy atom. The Hall–Kier alpha value is 0.170. The second kappa shape index (κ2) is 6.66. The third kappa shape index (κ3) is 4.26. The van der Waals surface area contributed by atoms with Crippen molar-refractivity contribution in [2.24, 2.45) is 5.73 Å².